The summed E-state index contributed by atoms with van der Waals surface area (Å²) in [6.07, 6.45) is 1.44. The lowest BCUT2D eigenvalue weighted by Crippen LogP contribution is -2.48. The van der Waals surface area contributed by atoms with Crippen LogP contribution in [-0.4, -0.2) is 69.2 Å². The van der Waals surface area contributed by atoms with E-state index in [1.807, 2.05) is 4.90 Å². The third kappa shape index (κ3) is 4.27. The highest BCUT2D eigenvalue weighted by atomic mass is 35.5. The number of methoxy groups -OCH3 is 1. The van der Waals surface area contributed by atoms with Crippen molar-refractivity contribution in [2.75, 3.05) is 33.3 Å². The van der Waals surface area contributed by atoms with Gasteiger partial charge in [0.2, 0.25) is 0 Å². The molecule has 168 valence electrons. The van der Waals surface area contributed by atoms with Gasteiger partial charge in [-0.15, -0.1) is 5.10 Å². The van der Waals surface area contributed by atoms with E-state index in [0.717, 1.165) is 19.6 Å². The molecule has 1 aromatic heterocycles. The van der Waals surface area contributed by atoms with Gasteiger partial charge in [0.15, 0.2) is 0 Å². The first-order valence-corrected chi connectivity index (χ1v) is 11.1. The lowest BCUT2D eigenvalue weighted by molar-refractivity contribution is 0.0626. The van der Waals surface area contributed by atoms with Crippen LogP contribution in [0, 0.1) is 0 Å². The van der Waals surface area contributed by atoms with Gasteiger partial charge in [-0.2, -0.15) is 4.68 Å². The molecule has 0 bridgehead atoms. The Morgan fingerprint density at radius 3 is 2.61 bits per heavy atom. The van der Waals surface area contributed by atoms with E-state index >= 15 is 0 Å². The molecule has 1 aliphatic heterocycles. The predicted octanol–water partition coefficient (Wildman–Crippen LogP) is 3.44. The van der Waals surface area contributed by atoms with Crippen LogP contribution in [0.15, 0.2) is 60.9 Å². The maximum Gasteiger partial charge on any atom is 0.257 e. The van der Waals surface area contributed by atoms with Gasteiger partial charge < -0.3 is 9.64 Å². The Hall–Kier alpha value is -3.49. The van der Waals surface area contributed by atoms with Gasteiger partial charge in [0.1, 0.15) is 12.1 Å². The van der Waals surface area contributed by atoms with E-state index in [1.54, 1.807) is 12.1 Å². The third-order valence-corrected chi connectivity index (χ3v) is 6.33. The Morgan fingerprint density at radius 1 is 1.06 bits per heavy atom. The molecule has 1 aliphatic rings. The van der Waals surface area contributed by atoms with Crippen LogP contribution in [0.3, 0.4) is 0 Å². The SMILES string of the molecule is COc1cc(-n2cnnn2)c(Cl)cc1C(=O)N1CCN(Cc2cccc3ccccc23)CC1. The van der Waals surface area contributed by atoms with Crippen molar-refractivity contribution in [2.24, 2.45) is 0 Å². The summed E-state index contributed by atoms with van der Waals surface area (Å²) in [6, 6.07) is 18.2. The molecule has 1 saturated heterocycles. The van der Waals surface area contributed by atoms with Gasteiger partial charge in [-0.1, -0.05) is 54.1 Å². The van der Waals surface area contributed by atoms with E-state index in [4.69, 9.17) is 16.3 Å². The Bertz CT molecular complexity index is 1280. The summed E-state index contributed by atoms with van der Waals surface area (Å²) in [5.41, 5.74) is 2.29. The number of rotatable bonds is 5. The van der Waals surface area contributed by atoms with Crippen LogP contribution in [0.2, 0.25) is 5.02 Å². The minimum absolute atomic E-state index is 0.0955. The number of aromatic nitrogens is 4. The molecule has 0 radical (unpaired) electrons. The number of hydrogen-bond acceptors (Lipinski definition) is 6. The summed E-state index contributed by atoms with van der Waals surface area (Å²) in [6.45, 7) is 3.73. The first-order valence-electron chi connectivity index (χ1n) is 10.7. The monoisotopic (exact) mass is 462 g/mol. The molecule has 0 unspecified atom stereocenters. The zero-order valence-electron chi connectivity index (χ0n) is 18.2. The molecule has 8 nitrogen and oxygen atoms in total. The Labute approximate surface area is 196 Å². The number of tetrazole rings is 1. The van der Waals surface area contributed by atoms with Crippen LogP contribution in [-0.2, 0) is 6.54 Å². The van der Waals surface area contributed by atoms with E-state index in [-0.39, 0.29) is 5.91 Å². The van der Waals surface area contributed by atoms with E-state index in [2.05, 4.69) is 62.9 Å². The number of nitrogens with zero attached hydrogens (tertiary/aromatic N) is 6. The molecule has 9 heteroatoms. The van der Waals surface area contributed by atoms with Crippen LogP contribution in [0.4, 0.5) is 0 Å². The Balaban J connectivity index is 1.29. The second kappa shape index (κ2) is 9.17. The summed E-state index contributed by atoms with van der Waals surface area (Å²) in [7, 11) is 1.53. The van der Waals surface area contributed by atoms with Gasteiger partial charge in [-0.25, -0.2) is 0 Å². The molecule has 0 saturated carbocycles. The normalized spacial score (nSPS) is 14.5. The second-order valence-corrected chi connectivity index (χ2v) is 8.37. The average molecular weight is 463 g/mol. The molecule has 2 heterocycles. The van der Waals surface area contributed by atoms with Crippen LogP contribution < -0.4 is 4.74 Å². The highest BCUT2D eigenvalue weighted by molar-refractivity contribution is 6.33. The summed E-state index contributed by atoms with van der Waals surface area (Å²) < 4.78 is 6.93. The van der Waals surface area contributed by atoms with Crippen molar-refractivity contribution in [3.8, 4) is 11.4 Å². The van der Waals surface area contributed by atoms with Crippen molar-refractivity contribution in [1.29, 1.82) is 0 Å². The molecule has 1 fully saturated rings. The molecule has 5 rings (SSSR count). The standard InChI is InChI=1S/C24H23ClN6O2/c1-33-23-14-22(31-16-26-27-28-31)21(25)13-20(23)24(32)30-11-9-29(10-12-30)15-18-7-4-6-17-5-2-3-8-19(17)18/h2-8,13-14,16H,9-12,15H2,1H3. The van der Waals surface area contributed by atoms with E-state index < -0.39 is 0 Å². The van der Waals surface area contributed by atoms with Crippen LogP contribution in [0.5, 0.6) is 5.75 Å². The maximum absolute atomic E-state index is 13.3. The fraction of sp³-hybridized carbons (Fsp3) is 0.250. The Morgan fingerprint density at radius 2 is 1.85 bits per heavy atom. The molecule has 1 amide bonds. The van der Waals surface area contributed by atoms with Crippen molar-refractivity contribution in [2.45, 2.75) is 6.54 Å². The number of piperazine rings is 1. The van der Waals surface area contributed by atoms with Crippen LogP contribution >= 0.6 is 11.6 Å². The number of fused-ring (bicyclic) bond motifs is 1. The maximum atomic E-state index is 13.3. The number of ether oxygens (including phenoxy) is 1. The molecular weight excluding hydrogens is 440 g/mol. The summed E-state index contributed by atoms with van der Waals surface area (Å²) >= 11 is 6.44. The molecule has 0 spiro atoms. The van der Waals surface area contributed by atoms with E-state index in [1.165, 1.54) is 34.5 Å². The predicted molar refractivity (Wildman–Crippen MR) is 126 cm³/mol. The van der Waals surface area contributed by atoms with Gasteiger partial charge >= 0.3 is 0 Å². The van der Waals surface area contributed by atoms with E-state index in [0.29, 0.717) is 35.1 Å². The van der Waals surface area contributed by atoms with Gasteiger partial charge in [0.25, 0.3) is 5.91 Å². The van der Waals surface area contributed by atoms with Crippen molar-refractivity contribution < 1.29 is 9.53 Å². The van der Waals surface area contributed by atoms with Crippen molar-refractivity contribution in [3.05, 3.63) is 77.1 Å². The highest BCUT2D eigenvalue weighted by Gasteiger charge is 2.26. The number of carbonyl (C=O) groups is 1. The highest BCUT2D eigenvalue weighted by Crippen LogP contribution is 2.30. The smallest absolute Gasteiger partial charge is 0.257 e. The number of hydrogen-bond donors (Lipinski definition) is 0. The van der Waals surface area contributed by atoms with Crippen molar-refractivity contribution in [3.63, 3.8) is 0 Å². The first kappa shape index (κ1) is 21.4. The van der Waals surface area contributed by atoms with Crippen LogP contribution in [0.25, 0.3) is 16.5 Å². The number of amides is 1. The van der Waals surface area contributed by atoms with Gasteiger partial charge in [-0.3, -0.25) is 9.69 Å². The number of benzene rings is 3. The molecule has 3 aromatic carbocycles. The molecule has 0 atom stereocenters. The number of halogens is 1. The van der Waals surface area contributed by atoms with Crippen LogP contribution in [0.1, 0.15) is 15.9 Å². The van der Waals surface area contributed by atoms with Gasteiger partial charge in [-0.05, 0) is 32.8 Å². The summed E-state index contributed by atoms with van der Waals surface area (Å²) in [5.74, 6) is 0.343. The average Bonchev–Trinajstić information content (AvgIpc) is 3.39. The largest absolute Gasteiger partial charge is 0.496 e. The first-order chi connectivity index (χ1) is 16.1. The van der Waals surface area contributed by atoms with E-state index in [9.17, 15) is 4.79 Å². The van der Waals surface area contributed by atoms with Crippen molar-refractivity contribution in [1.82, 2.24) is 30.0 Å². The van der Waals surface area contributed by atoms with Crippen molar-refractivity contribution >= 4 is 28.3 Å². The van der Waals surface area contributed by atoms with Gasteiger partial charge in [0, 0.05) is 38.8 Å². The number of carbonyl (C=O) groups excluding carboxylic acids is 1. The lowest BCUT2D eigenvalue weighted by atomic mass is 10.0. The quantitative estimate of drug-likeness (QED) is 0.452. The fourth-order valence-electron chi connectivity index (χ4n) is 4.28. The fourth-order valence-corrected chi connectivity index (χ4v) is 4.53. The molecule has 4 aromatic rings. The Kier molecular flexibility index (Phi) is 5.93. The molecule has 33 heavy (non-hydrogen) atoms. The summed E-state index contributed by atoms with van der Waals surface area (Å²) in [5, 5.41) is 14.0. The minimum Gasteiger partial charge on any atom is -0.496 e. The second-order valence-electron chi connectivity index (χ2n) is 7.96. The summed E-state index contributed by atoms with van der Waals surface area (Å²) in [4.78, 5) is 17.5. The molecule has 0 N–H and O–H groups in total. The third-order valence-electron chi connectivity index (χ3n) is 6.03. The topological polar surface area (TPSA) is 76.4 Å². The lowest BCUT2D eigenvalue weighted by Gasteiger charge is -2.35. The zero-order valence-corrected chi connectivity index (χ0v) is 18.9. The molecular formula is C24H23ClN6O2. The minimum atomic E-state index is -0.0955. The zero-order chi connectivity index (χ0) is 22.8. The molecule has 0 aliphatic carbocycles. The van der Waals surface area contributed by atoms with Gasteiger partial charge in [0.05, 0.1) is 23.4 Å².